The first kappa shape index (κ1) is 16.7. The predicted molar refractivity (Wildman–Crippen MR) is 125 cm³/mol. The molecule has 0 fully saturated rings. The van der Waals surface area contributed by atoms with E-state index >= 15 is 0 Å². The largest absolute Gasteiger partial charge is 0.453 e. The van der Waals surface area contributed by atoms with Crippen molar-refractivity contribution >= 4 is 32.8 Å². The second-order valence-corrected chi connectivity index (χ2v) is 7.96. The van der Waals surface area contributed by atoms with Gasteiger partial charge in [0, 0.05) is 23.3 Å². The molecule has 1 aliphatic heterocycles. The van der Waals surface area contributed by atoms with Crippen molar-refractivity contribution in [2.45, 2.75) is 13.3 Å². The fourth-order valence-corrected chi connectivity index (χ4v) is 4.95. The number of rotatable bonds is 2. The summed E-state index contributed by atoms with van der Waals surface area (Å²) >= 11 is 0. The van der Waals surface area contributed by atoms with Crippen LogP contribution in [0, 0.1) is 0 Å². The fourth-order valence-electron chi connectivity index (χ4n) is 4.95. The molecule has 4 aromatic carbocycles. The van der Waals surface area contributed by atoms with E-state index in [1.54, 1.807) is 0 Å². The Morgan fingerprint density at radius 1 is 0.742 bits per heavy atom. The monoisotopic (exact) mass is 401 g/mol. The van der Waals surface area contributed by atoms with Gasteiger partial charge in [0.05, 0.1) is 27.9 Å². The summed E-state index contributed by atoms with van der Waals surface area (Å²) in [5, 5.41) is 2.51. The minimum Gasteiger partial charge on any atom is -0.453 e. The molecule has 6 aromatic rings. The van der Waals surface area contributed by atoms with Gasteiger partial charge in [-0.1, -0.05) is 49.4 Å². The average Bonchev–Trinajstić information content (AvgIpc) is 3.36. The van der Waals surface area contributed by atoms with Gasteiger partial charge in [-0.05, 0) is 36.4 Å². The average molecular weight is 401 g/mol. The van der Waals surface area contributed by atoms with Crippen LogP contribution in [-0.4, -0.2) is 14.1 Å². The highest BCUT2D eigenvalue weighted by Crippen LogP contribution is 2.43. The Labute approximate surface area is 178 Å². The zero-order valence-corrected chi connectivity index (χ0v) is 17.0. The molecule has 4 nitrogen and oxygen atoms in total. The Morgan fingerprint density at radius 2 is 1.48 bits per heavy atom. The summed E-state index contributed by atoms with van der Waals surface area (Å²) in [7, 11) is 0. The van der Waals surface area contributed by atoms with E-state index in [1.807, 2.05) is 12.1 Å². The van der Waals surface area contributed by atoms with Crippen LogP contribution < -0.4 is 4.74 Å². The highest BCUT2D eigenvalue weighted by molar-refractivity contribution is 6.09. The summed E-state index contributed by atoms with van der Waals surface area (Å²) in [5.74, 6) is 2.76. The SMILES string of the molecule is CCc1nc2cccc3c2n1-c1ccc(-n2c4ccccc4c4ccccc42)cc1O3. The van der Waals surface area contributed by atoms with Gasteiger partial charge < -0.3 is 9.30 Å². The van der Waals surface area contributed by atoms with Crippen LogP contribution in [0.3, 0.4) is 0 Å². The maximum atomic E-state index is 6.40. The van der Waals surface area contributed by atoms with Crippen LogP contribution in [0.25, 0.3) is 44.2 Å². The van der Waals surface area contributed by atoms with Gasteiger partial charge in [0.2, 0.25) is 0 Å². The van der Waals surface area contributed by atoms with E-state index in [1.165, 1.54) is 21.8 Å². The first-order chi connectivity index (χ1) is 15.3. The van der Waals surface area contributed by atoms with E-state index in [9.17, 15) is 0 Å². The molecule has 0 aliphatic carbocycles. The lowest BCUT2D eigenvalue weighted by molar-refractivity contribution is 0.474. The zero-order chi connectivity index (χ0) is 20.5. The molecule has 148 valence electrons. The van der Waals surface area contributed by atoms with Gasteiger partial charge in [-0.2, -0.15) is 0 Å². The molecular formula is C27H19N3O. The Kier molecular flexibility index (Phi) is 3.23. The summed E-state index contributed by atoms with van der Waals surface area (Å²) in [6.07, 6.45) is 0.863. The molecule has 7 rings (SSSR count). The van der Waals surface area contributed by atoms with Crippen molar-refractivity contribution in [3.05, 3.63) is 90.8 Å². The molecule has 0 amide bonds. The molecule has 0 radical (unpaired) electrons. The van der Waals surface area contributed by atoms with E-state index < -0.39 is 0 Å². The zero-order valence-electron chi connectivity index (χ0n) is 17.0. The normalized spacial score (nSPS) is 12.4. The molecule has 3 heterocycles. The Balaban J connectivity index is 1.52. The molecule has 0 unspecified atom stereocenters. The number of nitrogens with zero attached hydrogens (tertiary/aromatic N) is 3. The number of para-hydroxylation sites is 3. The third kappa shape index (κ3) is 2.16. The summed E-state index contributed by atoms with van der Waals surface area (Å²) in [6, 6.07) is 29.7. The van der Waals surface area contributed by atoms with Crippen LogP contribution in [0.2, 0.25) is 0 Å². The molecule has 0 saturated carbocycles. The second-order valence-electron chi connectivity index (χ2n) is 7.96. The van der Waals surface area contributed by atoms with Crippen LogP contribution >= 0.6 is 0 Å². The van der Waals surface area contributed by atoms with Gasteiger partial charge in [-0.3, -0.25) is 4.57 Å². The van der Waals surface area contributed by atoms with Crippen molar-refractivity contribution in [2.75, 3.05) is 0 Å². The van der Waals surface area contributed by atoms with E-state index in [2.05, 4.69) is 88.9 Å². The van der Waals surface area contributed by atoms with E-state index in [-0.39, 0.29) is 0 Å². The van der Waals surface area contributed by atoms with E-state index in [0.29, 0.717) is 0 Å². The third-order valence-electron chi connectivity index (χ3n) is 6.27. The number of imidazole rings is 1. The maximum absolute atomic E-state index is 6.40. The number of hydrogen-bond donors (Lipinski definition) is 0. The minimum atomic E-state index is 0.854. The molecule has 1 aliphatic rings. The lowest BCUT2D eigenvalue weighted by Crippen LogP contribution is -2.08. The van der Waals surface area contributed by atoms with Gasteiger partial charge >= 0.3 is 0 Å². The Morgan fingerprint density at radius 3 is 2.23 bits per heavy atom. The van der Waals surface area contributed by atoms with Crippen molar-refractivity contribution < 1.29 is 4.74 Å². The molecule has 31 heavy (non-hydrogen) atoms. The third-order valence-corrected chi connectivity index (χ3v) is 6.27. The van der Waals surface area contributed by atoms with E-state index in [0.717, 1.165) is 46.2 Å². The second kappa shape index (κ2) is 5.99. The first-order valence-corrected chi connectivity index (χ1v) is 10.6. The number of aromatic nitrogens is 3. The molecule has 0 saturated heterocycles. The standard InChI is InChI=1S/C27H19N3O/c1-2-26-28-20-10-7-13-24-27(20)30(26)23-15-14-17(16-25(23)31-24)29-21-11-5-3-8-18(21)19-9-4-6-12-22(19)29/h3-16H,2H2,1H3. The maximum Gasteiger partial charge on any atom is 0.153 e. The Hall–Kier alpha value is -4.05. The highest BCUT2D eigenvalue weighted by Gasteiger charge is 2.24. The highest BCUT2D eigenvalue weighted by atomic mass is 16.5. The summed E-state index contributed by atoms with van der Waals surface area (Å²) < 4.78 is 11.0. The smallest absolute Gasteiger partial charge is 0.153 e. The van der Waals surface area contributed by atoms with Crippen molar-refractivity contribution in [3.63, 3.8) is 0 Å². The lowest BCUT2D eigenvalue weighted by Gasteiger charge is -2.22. The van der Waals surface area contributed by atoms with Crippen LogP contribution in [0.15, 0.2) is 84.9 Å². The van der Waals surface area contributed by atoms with Gasteiger partial charge in [-0.15, -0.1) is 0 Å². The van der Waals surface area contributed by atoms with Crippen molar-refractivity contribution in [3.8, 4) is 22.9 Å². The summed E-state index contributed by atoms with van der Waals surface area (Å²) in [4.78, 5) is 4.83. The molecular weight excluding hydrogens is 382 g/mol. The van der Waals surface area contributed by atoms with E-state index in [4.69, 9.17) is 9.72 Å². The predicted octanol–water partition coefficient (Wildman–Crippen LogP) is 6.79. The van der Waals surface area contributed by atoms with Crippen molar-refractivity contribution in [2.24, 2.45) is 0 Å². The van der Waals surface area contributed by atoms with Gasteiger partial charge in [0.15, 0.2) is 11.5 Å². The molecule has 0 N–H and O–H groups in total. The van der Waals surface area contributed by atoms with Crippen LogP contribution in [0.1, 0.15) is 12.7 Å². The number of hydrogen-bond acceptors (Lipinski definition) is 2. The van der Waals surface area contributed by atoms with Crippen molar-refractivity contribution in [1.29, 1.82) is 0 Å². The summed E-state index contributed by atoms with van der Waals surface area (Å²) in [5.41, 5.74) is 6.55. The van der Waals surface area contributed by atoms with Crippen LogP contribution in [-0.2, 0) is 6.42 Å². The first-order valence-electron chi connectivity index (χ1n) is 10.6. The quantitative estimate of drug-likeness (QED) is 0.319. The Bertz CT molecular complexity index is 1600. The molecule has 0 bridgehead atoms. The number of fused-ring (bicyclic) bond motifs is 5. The van der Waals surface area contributed by atoms with Crippen LogP contribution in [0.5, 0.6) is 11.5 Å². The van der Waals surface area contributed by atoms with Crippen LogP contribution in [0.4, 0.5) is 0 Å². The lowest BCUT2D eigenvalue weighted by atomic mass is 10.2. The molecule has 4 heteroatoms. The number of aryl methyl sites for hydroxylation is 1. The minimum absolute atomic E-state index is 0.854. The summed E-state index contributed by atoms with van der Waals surface area (Å²) in [6.45, 7) is 2.14. The molecule has 0 atom stereocenters. The molecule has 2 aromatic heterocycles. The topological polar surface area (TPSA) is 32.0 Å². The van der Waals surface area contributed by atoms with Crippen molar-refractivity contribution in [1.82, 2.24) is 14.1 Å². The number of benzene rings is 4. The van der Waals surface area contributed by atoms with Gasteiger partial charge in [-0.25, -0.2) is 4.98 Å². The van der Waals surface area contributed by atoms with Gasteiger partial charge in [0.1, 0.15) is 11.3 Å². The van der Waals surface area contributed by atoms with Gasteiger partial charge in [0.25, 0.3) is 0 Å². The number of ether oxygens (including phenoxy) is 1. The fraction of sp³-hybridized carbons (Fsp3) is 0.0741. The molecule has 0 spiro atoms.